The Morgan fingerprint density at radius 2 is 1.11 bits per heavy atom. The maximum atomic E-state index is 8.39. The second-order valence-corrected chi connectivity index (χ2v) is 9.27. The normalized spacial score (nSPS) is 15.1. The van der Waals surface area contributed by atoms with Gasteiger partial charge in [0.05, 0.1) is 28.5 Å². The van der Waals surface area contributed by atoms with Gasteiger partial charge in [-0.05, 0) is 41.5 Å². The first-order valence-corrected chi connectivity index (χ1v) is 11.7. The average Bonchev–Trinajstić information content (AvgIpc) is 2.88. The van der Waals surface area contributed by atoms with Crippen LogP contribution in [-0.4, -0.2) is 11.4 Å². The van der Waals surface area contributed by atoms with E-state index in [0.29, 0.717) is 0 Å². The Labute approximate surface area is 206 Å². The van der Waals surface area contributed by atoms with E-state index in [1.807, 2.05) is 60.7 Å². The highest BCUT2D eigenvalue weighted by molar-refractivity contribution is 6.53. The highest BCUT2D eigenvalue weighted by atomic mass is 15.2. The molecule has 0 spiro atoms. The van der Waals surface area contributed by atoms with Crippen LogP contribution < -0.4 is 10.6 Å². The summed E-state index contributed by atoms with van der Waals surface area (Å²) in [7, 11) is 0. The number of fused-ring (bicyclic) bond motifs is 3. The summed E-state index contributed by atoms with van der Waals surface area (Å²) in [4.78, 5) is 2.26. The highest BCUT2D eigenvalue weighted by Gasteiger charge is 2.38. The number of para-hydroxylation sites is 3. The molecule has 35 heavy (non-hydrogen) atoms. The second kappa shape index (κ2) is 8.73. The number of nitrogens with two attached hydrogens (primary N) is 1. The van der Waals surface area contributed by atoms with E-state index < -0.39 is 0 Å². The molecule has 0 amide bonds. The van der Waals surface area contributed by atoms with Crippen LogP contribution in [0.25, 0.3) is 5.70 Å². The third kappa shape index (κ3) is 3.83. The van der Waals surface area contributed by atoms with Crippen molar-refractivity contribution in [2.45, 2.75) is 19.3 Å². The van der Waals surface area contributed by atoms with E-state index >= 15 is 0 Å². The molecule has 0 radical (unpaired) electrons. The predicted octanol–water partition coefficient (Wildman–Crippen LogP) is 7.18. The topological polar surface area (TPSA) is 77.0 Å². The summed E-state index contributed by atoms with van der Waals surface area (Å²) in [5.74, 6) is 0. The number of hydrogen-bond acceptors (Lipinski definition) is 4. The first-order chi connectivity index (χ1) is 16.9. The number of benzene rings is 4. The van der Waals surface area contributed by atoms with Crippen LogP contribution in [0.5, 0.6) is 0 Å². The summed E-state index contributed by atoms with van der Waals surface area (Å²) in [5.41, 5.74) is 14.1. The van der Waals surface area contributed by atoms with E-state index in [-0.39, 0.29) is 16.8 Å². The lowest BCUT2D eigenvalue weighted by molar-refractivity contribution is 0.632. The molecule has 172 valence electrons. The van der Waals surface area contributed by atoms with Gasteiger partial charge in [-0.2, -0.15) is 0 Å². The highest BCUT2D eigenvalue weighted by Crippen LogP contribution is 2.51. The summed E-state index contributed by atoms with van der Waals surface area (Å²) in [6.07, 6.45) is 1.83. The Morgan fingerprint density at radius 1 is 0.629 bits per heavy atom. The minimum atomic E-state index is -0.112. The predicted molar refractivity (Wildman–Crippen MR) is 147 cm³/mol. The fourth-order valence-electron chi connectivity index (χ4n) is 4.92. The molecule has 4 heteroatoms. The number of nitrogens with one attached hydrogen (secondary N) is 2. The summed E-state index contributed by atoms with van der Waals surface area (Å²) >= 11 is 0. The van der Waals surface area contributed by atoms with Crippen LogP contribution >= 0.6 is 0 Å². The SMILES string of the molecule is CC1(C)c2ccccc2N(C2=CC(=N)C(=N)c3ccccc32)c2ccccc21.Nc1ccccc1. The Morgan fingerprint density at radius 3 is 1.66 bits per heavy atom. The van der Waals surface area contributed by atoms with Crippen molar-refractivity contribution in [1.82, 2.24) is 0 Å². The number of anilines is 3. The lowest BCUT2D eigenvalue weighted by Crippen LogP contribution is -2.34. The van der Waals surface area contributed by atoms with Crippen LogP contribution in [0.3, 0.4) is 0 Å². The molecule has 4 N–H and O–H groups in total. The van der Waals surface area contributed by atoms with E-state index in [0.717, 1.165) is 33.9 Å². The largest absolute Gasteiger partial charge is 0.399 e. The van der Waals surface area contributed by atoms with Crippen LogP contribution in [0.1, 0.15) is 36.1 Å². The van der Waals surface area contributed by atoms with Gasteiger partial charge in [-0.1, -0.05) is 92.7 Å². The van der Waals surface area contributed by atoms with Gasteiger partial charge in [0.1, 0.15) is 0 Å². The van der Waals surface area contributed by atoms with Crippen molar-refractivity contribution in [2.75, 3.05) is 10.6 Å². The molecule has 1 aliphatic carbocycles. The lowest BCUT2D eigenvalue weighted by atomic mass is 9.73. The molecule has 4 aromatic rings. The summed E-state index contributed by atoms with van der Waals surface area (Å²) < 4.78 is 0. The van der Waals surface area contributed by atoms with Crippen molar-refractivity contribution >= 4 is 34.2 Å². The first-order valence-electron chi connectivity index (χ1n) is 11.7. The molecule has 0 unspecified atom stereocenters. The molecular weight excluding hydrogens is 428 g/mol. The molecule has 4 nitrogen and oxygen atoms in total. The molecule has 0 atom stereocenters. The van der Waals surface area contributed by atoms with Gasteiger partial charge < -0.3 is 10.6 Å². The van der Waals surface area contributed by atoms with Gasteiger partial charge in [-0.25, -0.2) is 0 Å². The smallest absolute Gasteiger partial charge is 0.0869 e. The van der Waals surface area contributed by atoms with Crippen molar-refractivity contribution in [3.8, 4) is 0 Å². The monoisotopic (exact) mass is 456 g/mol. The van der Waals surface area contributed by atoms with Crippen molar-refractivity contribution in [1.29, 1.82) is 10.8 Å². The summed E-state index contributed by atoms with van der Waals surface area (Å²) in [5, 5.41) is 16.7. The number of rotatable bonds is 1. The molecule has 0 fully saturated rings. The minimum absolute atomic E-state index is 0.112. The molecule has 4 aromatic carbocycles. The van der Waals surface area contributed by atoms with Crippen molar-refractivity contribution < 1.29 is 0 Å². The zero-order chi connectivity index (χ0) is 24.6. The van der Waals surface area contributed by atoms with E-state index in [4.69, 9.17) is 16.6 Å². The van der Waals surface area contributed by atoms with Gasteiger partial charge in [0.25, 0.3) is 0 Å². The molecule has 6 rings (SSSR count). The maximum Gasteiger partial charge on any atom is 0.0869 e. The molecule has 0 saturated carbocycles. The van der Waals surface area contributed by atoms with Gasteiger partial charge in [0.2, 0.25) is 0 Å². The van der Waals surface area contributed by atoms with E-state index in [1.165, 1.54) is 11.1 Å². The zero-order valence-corrected chi connectivity index (χ0v) is 19.9. The van der Waals surface area contributed by atoms with E-state index in [9.17, 15) is 0 Å². The first kappa shape index (κ1) is 22.4. The van der Waals surface area contributed by atoms with E-state index in [2.05, 4.69) is 67.3 Å². The molecule has 1 aliphatic heterocycles. The molecule has 2 aliphatic rings. The fraction of sp³-hybridized carbons (Fsp3) is 0.0968. The standard InChI is InChI=1S/C25H21N3.C6H7N/c1-25(2)18-11-5-7-13-21(18)28(22-14-8-6-12-19(22)25)23-15-20(26)24(27)17-10-4-3-9-16(17)23;7-6-4-2-1-3-5-6/h3-15,26-27H,1-2H3;1-5H,7H2. The van der Waals surface area contributed by atoms with Crippen LogP contribution in [0.2, 0.25) is 0 Å². The average molecular weight is 457 g/mol. The molecular formula is C31H28N4. The third-order valence-electron chi connectivity index (χ3n) is 6.70. The molecule has 0 aromatic heterocycles. The van der Waals surface area contributed by atoms with E-state index in [1.54, 1.807) is 0 Å². The van der Waals surface area contributed by atoms with Crippen molar-refractivity contribution in [3.05, 3.63) is 131 Å². The summed E-state index contributed by atoms with van der Waals surface area (Å²) in [6.45, 7) is 4.53. The van der Waals surface area contributed by atoms with Gasteiger partial charge in [0, 0.05) is 22.2 Å². The Balaban J connectivity index is 0.000000313. The zero-order valence-electron chi connectivity index (χ0n) is 19.9. The van der Waals surface area contributed by atoms with Crippen LogP contribution in [0, 0.1) is 10.8 Å². The lowest BCUT2D eigenvalue weighted by Gasteiger charge is -2.43. The number of hydrogen-bond donors (Lipinski definition) is 3. The Bertz CT molecular complexity index is 1410. The number of nitrogen functional groups attached to an aromatic ring is 1. The molecule has 1 heterocycles. The van der Waals surface area contributed by atoms with Crippen molar-refractivity contribution in [2.24, 2.45) is 0 Å². The number of nitrogens with zero attached hydrogens (tertiary/aromatic N) is 1. The van der Waals surface area contributed by atoms with Gasteiger partial charge in [-0.3, -0.25) is 10.8 Å². The molecule has 0 saturated heterocycles. The Kier molecular flexibility index (Phi) is 5.58. The third-order valence-corrected chi connectivity index (χ3v) is 6.70. The van der Waals surface area contributed by atoms with Gasteiger partial charge in [-0.15, -0.1) is 0 Å². The van der Waals surface area contributed by atoms with Gasteiger partial charge >= 0.3 is 0 Å². The fourth-order valence-corrected chi connectivity index (χ4v) is 4.92. The van der Waals surface area contributed by atoms with Crippen LogP contribution in [-0.2, 0) is 5.41 Å². The van der Waals surface area contributed by atoms with Gasteiger partial charge in [0.15, 0.2) is 0 Å². The molecule has 0 bridgehead atoms. The Hall–Kier alpha value is -4.44. The maximum absolute atomic E-state index is 8.39. The van der Waals surface area contributed by atoms with Crippen molar-refractivity contribution in [3.63, 3.8) is 0 Å². The number of allylic oxidation sites excluding steroid dienone is 1. The minimum Gasteiger partial charge on any atom is -0.399 e. The summed E-state index contributed by atoms with van der Waals surface area (Å²) in [6, 6.07) is 34.4. The van der Waals surface area contributed by atoms with Crippen LogP contribution in [0.15, 0.2) is 109 Å². The quantitative estimate of drug-likeness (QED) is 0.265. The second-order valence-electron chi connectivity index (χ2n) is 9.27. The van der Waals surface area contributed by atoms with Crippen LogP contribution in [0.4, 0.5) is 17.1 Å².